The smallest absolute Gasteiger partial charge is 0.227 e. The highest BCUT2D eigenvalue weighted by Gasteiger charge is 2.12. The largest absolute Gasteiger partial charge is 0.490 e. The van der Waals surface area contributed by atoms with E-state index in [2.05, 4.69) is 25.8 Å². The fourth-order valence-electron chi connectivity index (χ4n) is 2.95. The quantitative estimate of drug-likeness (QED) is 0.639. The van der Waals surface area contributed by atoms with E-state index < -0.39 is 0 Å². The molecule has 0 atom stereocenters. The molecule has 0 amide bonds. The Kier molecular flexibility index (Phi) is 5.10. The molecule has 3 aromatic rings. The summed E-state index contributed by atoms with van der Waals surface area (Å²) in [7, 11) is 0. The van der Waals surface area contributed by atoms with Gasteiger partial charge in [-0.3, -0.25) is 4.90 Å². The number of nitrogens with two attached hydrogens (primary N) is 1. The van der Waals surface area contributed by atoms with Crippen LogP contribution < -0.4 is 10.5 Å². The van der Waals surface area contributed by atoms with Crippen LogP contribution in [0.4, 0.5) is 5.69 Å². The average Bonchev–Trinajstić information content (AvgIpc) is 3.07. The van der Waals surface area contributed by atoms with Gasteiger partial charge < -0.3 is 19.6 Å². The molecule has 1 saturated heterocycles. The Hall–Kier alpha value is -2.09. The van der Waals surface area contributed by atoms with Crippen molar-refractivity contribution in [2.24, 2.45) is 0 Å². The summed E-state index contributed by atoms with van der Waals surface area (Å²) in [5, 5.41) is 0. The Morgan fingerprint density at radius 1 is 1.15 bits per heavy atom. The lowest BCUT2D eigenvalue weighted by Crippen LogP contribution is -2.38. The lowest BCUT2D eigenvalue weighted by Gasteiger charge is -2.26. The monoisotopic (exact) mass is 417 g/mol. The zero-order valence-electron chi connectivity index (χ0n) is 14.3. The van der Waals surface area contributed by atoms with E-state index in [1.165, 1.54) is 0 Å². The Morgan fingerprint density at radius 2 is 2.00 bits per heavy atom. The first kappa shape index (κ1) is 17.3. The van der Waals surface area contributed by atoms with Crippen LogP contribution in [0.5, 0.6) is 5.75 Å². The van der Waals surface area contributed by atoms with Gasteiger partial charge in [-0.05, 0) is 36.4 Å². The molecule has 1 fully saturated rings. The van der Waals surface area contributed by atoms with Crippen molar-refractivity contribution < 1.29 is 13.9 Å². The van der Waals surface area contributed by atoms with Crippen LogP contribution in [0.3, 0.4) is 0 Å². The molecule has 0 spiro atoms. The van der Waals surface area contributed by atoms with Gasteiger partial charge in [0, 0.05) is 29.7 Å². The number of fused-ring (bicyclic) bond motifs is 1. The van der Waals surface area contributed by atoms with Gasteiger partial charge in [0.15, 0.2) is 5.58 Å². The molecule has 0 saturated carbocycles. The molecule has 2 N–H and O–H groups in total. The summed E-state index contributed by atoms with van der Waals surface area (Å²) in [6.07, 6.45) is 0. The topological polar surface area (TPSA) is 73.8 Å². The van der Waals surface area contributed by atoms with Crippen LogP contribution >= 0.6 is 15.9 Å². The van der Waals surface area contributed by atoms with Gasteiger partial charge in [0.2, 0.25) is 5.89 Å². The highest BCUT2D eigenvalue weighted by atomic mass is 79.9. The first-order valence-electron chi connectivity index (χ1n) is 8.58. The van der Waals surface area contributed by atoms with Gasteiger partial charge in [-0.25, -0.2) is 4.98 Å². The average molecular weight is 418 g/mol. The van der Waals surface area contributed by atoms with Gasteiger partial charge >= 0.3 is 0 Å². The van der Waals surface area contributed by atoms with Crippen molar-refractivity contribution in [1.82, 2.24) is 9.88 Å². The molecule has 0 radical (unpaired) electrons. The van der Waals surface area contributed by atoms with Crippen LogP contribution in [0.1, 0.15) is 0 Å². The van der Waals surface area contributed by atoms with Gasteiger partial charge in [0.05, 0.1) is 18.9 Å². The number of nitrogens with zero attached hydrogens (tertiary/aromatic N) is 2. The summed E-state index contributed by atoms with van der Waals surface area (Å²) >= 11 is 3.44. The van der Waals surface area contributed by atoms with Crippen molar-refractivity contribution in [3.8, 4) is 17.2 Å². The summed E-state index contributed by atoms with van der Waals surface area (Å²) in [5.74, 6) is 1.23. The number of morpholine rings is 1. The molecule has 0 unspecified atom stereocenters. The van der Waals surface area contributed by atoms with Crippen molar-refractivity contribution in [2.45, 2.75) is 0 Å². The summed E-state index contributed by atoms with van der Waals surface area (Å²) in [6, 6.07) is 11.4. The summed E-state index contributed by atoms with van der Waals surface area (Å²) in [5.41, 5.74) is 9.11. The maximum atomic E-state index is 6.16. The third-order valence-electron chi connectivity index (χ3n) is 4.38. The van der Waals surface area contributed by atoms with E-state index >= 15 is 0 Å². The third kappa shape index (κ3) is 3.85. The molecule has 2 heterocycles. The first-order chi connectivity index (χ1) is 12.7. The molecule has 4 rings (SSSR count). The number of rotatable bonds is 5. The Balaban J connectivity index is 1.44. The van der Waals surface area contributed by atoms with Crippen LogP contribution in [-0.2, 0) is 4.74 Å². The molecule has 2 aromatic carbocycles. The Morgan fingerprint density at radius 3 is 2.81 bits per heavy atom. The van der Waals surface area contributed by atoms with Crippen LogP contribution in [0.15, 0.2) is 45.3 Å². The van der Waals surface area contributed by atoms with E-state index in [-0.39, 0.29) is 0 Å². The van der Waals surface area contributed by atoms with Crippen molar-refractivity contribution in [1.29, 1.82) is 0 Å². The SMILES string of the molecule is Nc1cc(-c2nc3cc(Br)ccc3o2)ccc1OCCN1CCOCC1. The normalized spacial score (nSPS) is 15.4. The Bertz CT molecular complexity index is 906. The zero-order chi connectivity index (χ0) is 17.9. The van der Waals surface area contributed by atoms with E-state index in [9.17, 15) is 0 Å². The van der Waals surface area contributed by atoms with Crippen molar-refractivity contribution in [3.05, 3.63) is 40.9 Å². The van der Waals surface area contributed by atoms with E-state index in [4.69, 9.17) is 19.6 Å². The number of oxazole rings is 1. The molecular formula is C19H20BrN3O3. The van der Waals surface area contributed by atoms with Gasteiger partial charge in [-0.1, -0.05) is 15.9 Å². The number of aromatic nitrogens is 1. The lowest BCUT2D eigenvalue weighted by atomic mass is 10.2. The fraction of sp³-hybridized carbons (Fsp3) is 0.316. The van der Waals surface area contributed by atoms with Gasteiger partial charge in [0.25, 0.3) is 0 Å². The van der Waals surface area contributed by atoms with Crippen molar-refractivity contribution in [3.63, 3.8) is 0 Å². The second kappa shape index (κ2) is 7.65. The molecule has 1 aromatic heterocycles. The molecule has 26 heavy (non-hydrogen) atoms. The minimum Gasteiger partial charge on any atom is -0.490 e. The number of nitrogen functional groups attached to an aromatic ring is 1. The molecular weight excluding hydrogens is 398 g/mol. The highest BCUT2D eigenvalue weighted by molar-refractivity contribution is 9.10. The van der Waals surface area contributed by atoms with Crippen LogP contribution in [0, 0.1) is 0 Å². The van der Waals surface area contributed by atoms with E-state index in [1.807, 2.05) is 36.4 Å². The maximum Gasteiger partial charge on any atom is 0.227 e. The maximum absolute atomic E-state index is 6.16. The molecule has 7 heteroatoms. The number of hydrogen-bond acceptors (Lipinski definition) is 6. The number of ether oxygens (including phenoxy) is 2. The predicted molar refractivity (Wildman–Crippen MR) is 104 cm³/mol. The van der Waals surface area contributed by atoms with Crippen LogP contribution in [0.2, 0.25) is 0 Å². The van der Waals surface area contributed by atoms with E-state index in [0.717, 1.165) is 54.0 Å². The molecule has 6 nitrogen and oxygen atoms in total. The molecule has 1 aliphatic heterocycles. The number of benzene rings is 2. The van der Waals surface area contributed by atoms with Gasteiger partial charge in [-0.15, -0.1) is 0 Å². The third-order valence-corrected chi connectivity index (χ3v) is 4.87. The van der Waals surface area contributed by atoms with Crippen molar-refractivity contribution in [2.75, 3.05) is 45.2 Å². The van der Waals surface area contributed by atoms with Crippen LogP contribution in [-0.4, -0.2) is 49.3 Å². The minimum atomic E-state index is 0.546. The van der Waals surface area contributed by atoms with Gasteiger partial charge in [-0.2, -0.15) is 0 Å². The fourth-order valence-corrected chi connectivity index (χ4v) is 3.30. The highest BCUT2D eigenvalue weighted by Crippen LogP contribution is 2.31. The summed E-state index contributed by atoms with van der Waals surface area (Å²) in [6.45, 7) is 4.94. The van der Waals surface area contributed by atoms with E-state index in [0.29, 0.717) is 23.9 Å². The number of hydrogen-bond donors (Lipinski definition) is 1. The van der Waals surface area contributed by atoms with Gasteiger partial charge in [0.1, 0.15) is 17.9 Å². The molecule has 0 bridgehead atoms. The molecule has 136 valence electrons. The number of anilines is 1. The second-order valence-corrected chi connectivity index (χ2v) is 7.10. The summed E-state index contributed by atoms with van der Waals surface area (Å²) < 4.78 is 18.0. The van der Waals surface area contributed by atoms with Crippen LogP contribution in [0.25, 0.3) is 22.6 Å². The van der Waals surface area contributed by atoms with Crippen molar-refractivity contribution >= 4 is 32.7 Å². The number of halogens is 1. The zero-order valence-corrected chi connectivity index (χ0v) is 15.9. The minimum absolute atomic E-state index is 0.546. The standard InChI is InChI=1S/C19H20BrN3O3/c20-14-2-4-18-16(12-14)22-19(26-18)13-1-3-17(15(21)11-13)25-10-7-23-5-8-24-9-6-23/h1-4,11-12H,5-10,21H2. The van der Waals surface area contributed by atoms with E-state index in [1.54, 1.807) is 0 Å². The predicted octanol–water partition coefficient (Wildman–Crippen LogP) is 3.55. The molecule has 1 aliphatic rings. The Labute approximate surface area is 160 Å². The summed E-state index contributed by atoms with van der Waals surface area (Å²) in [4.78, 5) is 6.85. The second-order valence-electron chi connectivity index (χ2n) is 6.19. The molecule has 0 aliphatic carbocycles. The first-order valence-corrected chi connectivity index (χ1v) is 9.37. The lowest BCUT2D eigenvalue weighted by molar-refractivity contribution is 0.0323.